The van der Waals surface area contributed by atoms with E-state index in [-0.39, 0.29) is 0 Å². The lowest BCUT2D eigenvalue weighted by atomic mass is 9.69. The molecule has 0 radical (unpaired) electrons. The molecule has 0 spiro atoms. The fourth-order valence-corrected chi connectivity index (χ4v) is 4.91. The zero-order valence-electron chi connectivity index (χ0n) is 12.1. The van der Waals surface area contributed by atoms with Crippen LogP contribution in [0.15, 0.2) is 24.3 Å². The largest absolute Gasteiger partial charge is 0.313 e. The van der Waals surface area contributed by atoms with Crippen molar-refractivity contribution in [3.05, 3.63) is 34.9 Å². The minimum absolute atomic E-state index is 0.483. The van der Waals surface area contributed by atoms with Gasteiger partial charge in [-0.05, 0) is 67.4 Å². The second-order valence-electron chi connectivity index (χ2n) is 7.37. The van der Waals surface area contributed by atoms with E-state index in [9.17, 15) is 0 Å². The molecule has 2 heteroatoms. The van der Waals surface area contributed by atoms with Gasteiger partial charge in [0.2, 0.25) is 0 Å². The first-order valence-electron chi connectivity index (χ1n) is 8.22. The summed E-state index contributed by atoms with van der Waals surface area (Å²) in [6.07, 6.45) is 9.75. The standard InChI is InChI=1S/C18H24ClN/c19-17-4-2-1-3-14(17)11-18(12-20-16-7-8-16)10-13-5-6-15(18)9-13/h1-4,13,15-16,20H,5-12H2. The highest BCUT2D eigenvalue weighted by Gasteiger charge is 2.50. The Labute approximate surface area is 127 Å². The van der Waals surface area contributed by atoms with Gasteiger partial charge in [0, 0.05) is 17.6 Å². The summed E-state index contributed by atoms with van der Waals surface area (Å²) in [6, 6.07) is 9.27. The molecule has 4 rings (SSSR count). The Morgan fingerprint density at radius 1 is 1.15 bits per heavy atom. The molecule has 0 aromatic heterocycles. The Balaban J connectivity index is 1.56. The molecule has 1 aromatic rings. The number of fused-ring (bicyclic) bond motifs is 2. The summed E-state index contributed by atoms with van der Waals surface area (Å²) < 4.78 is 0. The van der Waals surface area contributed by atoms with E-state index in [1.165, 1.54) is 57.1 Å². The molecule has 3 unspecified atom stereocenters. The summed E-state index contributed by atoms with van der Waals surface area (Å²) in [5, 5.41) is 4.78. The molecule has 3 fully saturated rings. The van der Waals surface area contributed by atoms with Crippen LogP contribution < -0.4 is 5.32 Å². The van der Waals surface area contributed by atoms with Crippen LogP contribution in [0.25, 0.3) is 0 Å². The zero-order chi connectivity index (χ0) is 13.6. The average Bonchev–Trinajstić information content (AvgIpc) is 3.08. The van der Waals surface area contributed by atoms with E-state index < -0.39 is 0 Å². The normalized spacial score (nSPS) is 35.6. The molecule has 3 aliphatic rings. The van der Waals surface area contributed by atoms with E-state index >= 15 is 0 Å². The van der Waals surface area contributed by atoms with Crippen LogP contribution in [-0.4, -0.2) is 12.6 Å². The Morgan fingerprint density at radius 3 is 2.65 bits per heavy atom. The Hall–Kier alpha value is -0.530. The molecule has 1 nitrogen and oxygen atoms in total. The summed E-state index contributed by atoms with van der Waals surface area (Å²) in [5.74, 6) is 1.92. The van der Waals surface area contributed by atoms with E-state index in [1.54, 1.807) is 0 Å². The molecule has 0 heterocycles. The Kier molecular flexibility index (Phi) is 3.31. The number of nitrogens with one attached hydrogen (secondary N) is 1. The van der Waals surface area contributed by atoms with Crippen molar-refractivity contribution in [3.63, 3.8) is 0 Å². The van der Waals surface area contributed by atoms with Crippen LogP contribution in [0.1, 0.15) is 44.1 Å². The molecule has 3 aliphatic carbocycles. The van der Waals surface area contributed by atoms with Crippen LogP contribution >= 0.6 is 11.6 Å². The topological polar surface area (TPSA) is 12.0 Å². The van der Waals surface area contributed by atoms with Gasteiger partial charge in [0.05, 0.1) is 0 Å². The monoisotopic (exact) mass is 289 g/mol. The number of halogens is 1. The molecule has 0 amide bonds. The van der Waals surface area contributed by atoms with Crippen molar-refractivity contribution >= 4 is 11.6 Å². The summed E-state index contributed by atoms with van der Waals surface area (Å²) >= 11 is 6.42. The van der Waals surface area contributed by atoms with Crippen molar-refractivity contribution in [3.8, 4) is 0 Å². The molecular weight excluding hydrogens is 266 g/mol. The van der Waals surface area contributed by atoms with Gasteiger partial charge in [-0.25, -0.2) is 0 Å². The quantitative estimate of drug-likeness (QED) is 0.845. The van der Waals surface area contributed by atoms with E-state index in [0.717, 1.165) is 22.9 Å². The Bertz CT molecular complexity index is 496. The van der Waals surface area contributed by atoms with Gasteiger partial charge in [-0.2, -0.15) is 0 Å². The molecule has 3 atom stereocenters. The number of hydrogen-bond acceptors (Lipinski definition) is 1. The number of hydrogen-bond donors (Lipinski definition) is 1. The zero-order valence-corrected chi connectivity index (χ0v) is 12.8. The van der Waals surface area contributed by atoms with Gasteiger partial charge >= 0.3 is 0 Å². The molecule has 108 valence electrons. The molecule has 0 saturated heterocycles. The van der Waals surface area contributed by atoms with Crippen molar-refractivity contribution in [2.24, 2.45) is 17.3 Å². The van der Waals surface area contributed by atoms with Crippen molar-refractivity contribution in [1.29, 1.82) is 0 Å². The molecule has 0 aliphatic heterocycles. The predicted molar refractivity (Wildman–Crippen MR) is 84.1 cm³/mol. The van der Waals surface area contributed by atoms with Crippen LogP contribution in [0.2, 0.25) is 5.02 Å². The van der Waals surface area contributed by atoms with E-state index in [1.807, 2.05) is 12.1 Å². The highest BCUT2D eigenvalue weighted by molar-refractivity contribution is 6.31. The van der Waals surface area contributed by atoms with Crippen LogP contribution in [-0.2, 0) is 6.42 Å². The lowest BCUT2D eigenvalue weighted by Crippen LogP contribution is -2.41. The lowest BCUT2D eigenvalue weighted by Gasteiger charge is -2.39. The Morgan fingerprint density at radius 2 is 2.00 bits per heavy atom. The van der Waals surface area contributed by atoms with Gasteiger partial charge in [-0.3, -0.25) is 0 Å². The summed E-state index contributed by atoms with van der Waals surface area (Å²) in [4.78, 5) is 0. The van der Waals surface area contributed by atoms with Gasteiger partial charge in [0.25, 0.3) is 0 Å². The SMILES string of the molecule is Clc1ccccc1CC1(CNC2CC2)CC2CCC1C2. The van der Waals surface area contributed by atoms with Gasteiger partial charge in [-0.1, -0.05) is 36.2 Å². The van der Waals surface area contributed by atoms with Crippen molar-refractivity contribution < 1.29 is 0 Å². The third-order valence-corrected chi connectivity index (χ3v) is 6.29. The van der Waals surface area contributed by atoms with Crippen molar-refractivity contribution in [2.75, 3.05) is 6.54 Å². The van der Waals surface area contributed by atoms with Crippen LogP contribution in [0.4, 0.5) is 0 Å². The smallest absolute Gasteiger partial charge is 0.0438 e. The van der Waals surface area contributed by atoms with Gasteiger partial charge in [-0.15, -0.1) is 0 Å². The first-order chi connectivity index (χ1) is 9.75. The summed E-state index contributed by atoms with van der Waals surface area (Å²) in [6.45, 7) is 1.21. The van der Waals surface area contributed by atoms with Gasteiger partial charge in [0.1, 0.15) is 0 Å². The second-order valence-corrected chi connectivity index (χ2v) is 7.77. The molecule has 3 saturated carbocycles. The summed E-state index contributed by atoms with van der Waals surface area (Å²) in [5.41, 5.74) is 1.84. The molecule has 20 heavy (non-hydrogen) atoms. The first-order valence-corrected chi connectivity index (χ1v) is 8.60. The number of rotatable bonds is 5. The second kappa shape index (κ2) is 5.03. The third kappa shape index (κ3) is 2.40. The minimum Gasteiger partial charge on any atom is -0.313 e. The summed E-state index contributed by atoms with van der Waals surface area (Å²) in [7, 11) is 0. The average molecular weight is 290 g/mol. The highest BCUT2D eigenvalue weighted by atomic mass is 35.5. The van der Waals surface area contributed by atoms with E-state index in [0.29, 0.717) is 5.41 Å². The van der Waals surface area contributed by atoms with Crippen molar-refractivity contribution in [2.45, 2.75) is 51.0 Å². The maximum atomic E-state index is 6.42. The van der Waals surface area contributed by atoms with Crippen LogP contribution in [0, 0.1) is 17.3 Å². The molecule has 2 bridgehead atoms. The van der Waals surface area contributed by atoms with E-state index in [4.69, 9.17) is 11.6 Å². The fourth-order valence-electron chi connectivity index (χ4n) is 4.71. The fraction of sp³-hybridized carbons (Fsp3) is 0.667. The van der Waals surface area contributed by atoms with E-state index in [2.05, 4.69) is 17.4 Å². The predicted octanol–water partition coefficient (Wildman–Crippen LogP) is 4.44. The lowest BCUT2D eigenvalue weighted by molar-refractivity contribution is 0.155. The van der Waals surface area contributed by atoms with Crippen LogP contribution in [0.5, 0.6) is 0 Å². The van der Waals surface area contributed by atoms with Gasteiger partial charge < -0.3 is 5.32 Å². The molecule has 1 N–H and O–H groups in total. The first kappa shape index (κ1) is 13.2. The molecular formula is C18H24ClN. The minimum atomic E-state index is 0.483. The van der Waals surface area contributed by atoms with Gasteiger partial charge in [0.15, 0.2) is 0 Å². The maximum absolute atomic E-state index is 6.42. The maximum Gasteiger partial charge on any atom is 0.0438 e. The van der Waals surface area contributed by atoms with Crippen molar-refractivity contribution in [1.82, 2.24) is 5.32 Å². The highest BCUT2D eigenvalue weighted by Crippen LogP contribution is 2.57. The molecule has 1 aromatic carbocycles. The third-order valence-electron chi connectivity index (χ3n) is 5.92. The number of benzene rings is 1. The van der Waals surface area contributed by atoms with Crippen LogP contribution in [0.3, 0.4) is 0 Å².